The van der Waals surface area contributed by atoms with Crippen molar-refractivity contribution in [1.82, 2.24) is 9.29 Å². The van der Waals surface area contributed by atoms with Gasteiger partial charge in [0, 0.05) is 13.1 Å². The summed E-state index contributed by atoms with van der Waals surface area (Å²) in [5, 5.41) is 0.862. The minimum absolute atomic E-state index is 0.145. The van der Waals surface area contributed by atoms with Gasteiger partial charge in [0.2, 0.25) is 10.0 Å². The highest BCUT2D eigenvalue weighted by atomic mass is 32.2. The molecule has 2 heterocycles. The van der Waals surface area contributed by atoms with Gasteiger partial charge in [0.05, 0.1) is 35.4 Å². The number of hydrogen-bond acceptors (Lipinski definition) is 8. The SMILES string of the molecule is COc1cccc2sc(N3CC(OC(=O)c4ccc(S(=O)(=O)N(C)C(C)C)cc4)C3)nc12. The van der Waals surface area contributed by atoms with Crippen molar-refractivity contribution in [3.63, 3.8) is 0 Å². The Bertz CT molecular complexity index is 1230. The lowest BCUT2D eigenvalue weighted by Gasteiger charge is -2.38. The van der Waals surface area contributed by atoms with Gasteiger partial charge in [-0.2, -0.15) is 4.31 Å². The van der Waals surface area contributed by atoms with Gasteiger partial charge in [-0.1, -0.05) is 17.4 Å². The van der Waals surface area contributed by atoms with Crippen LogP contribution in [0.2, 0.25) is 0 Å². The maximum atomic E-state index is 12.6. The minimum atomic E-state index is -3.59. The number of hydrogen-bond donors (Lipinski definition) is 0. The molecule has 1 aliphatic heterocycles. The maximum Gasteiger partial charge on any atom is 0.338 e. The first-order valence-electron chi connectivity index (χ1n) is 10.2. The summed E-state index contributed by atoms with van der Waals surface area (Å²) in [7, 11) is -0.435. The summed E-state index contributed by atoms with van der Waals surface area (Å²) in [5.41, 5.74) is 1.15. The van der Waals surface area contributed by atoms with Gasteiger partial charge in [-0.15, -0.1) is 0 Å². The summed E-state index contributed by atoms with van der Waals surface area (Å²) < 4.78 is 38.4. The van der Waals surface area contributed by atoms with E-state index < -0.39 is 16.0 Å². The van der Waals surface area contributed by atoms with E-state index in [9.17, 15) is 13.2 Å². The van der Waals surface area contributed by atoms with Crippen molar-refractivity contribution in [2.24, 2.45) is 0 Å². The third kappa shape index (κ3) is 4.17. The molecule has 1 aliphatic rings. The second-order valence-electron chi connectivity index (χ2n) is 7.88. The van der Waals surface area contributed by atoms with Crippen molar-refractivity contribution in [3.05, 3.63) is 48.0 Å². The molecule has 0 spiro atoms. The van der Waals surface area contributed by atoms with Crippen molar-refractivity contribution >= 4 is 42.7 Å². The number of carbonyl (C=O) groups excluding carboxylic acids is 1. The molecule has 0 bridgehead atoms. The highest BCUT2D eigenvalue weighted by molar-refractivity contribution is 7.89. The van der Waals surface area contributed by atoms with Crippen molar-refractivity contribution in [2.45, 2.75) is 30.9 Å². The normalized spacial score (nSPS) is 14.8. The highest BCUT2D eigenvalue weighted by Gasteiger charge is 2.33. The van der Waals surface area contributed by atoms with Crippen molar-refractivity contribution in [1.29, 1.82) is 0 Å². The lowest BCUT2D eigenvalue weighted by atomic mass is 10.2. The van der Waals surface area contributed by atoms with E-state index >= 15 is 0 Å². The monoisotopic (exact) mass is 475 g/mol. The third-order valence-electron chi connectivity index (χ3n) is 5.48. The number of benzene rings is 2. The smallest absolute Gasteiger partial charge is 0.338 e. The van der Waals surface area contributed by atoms with Crippen LogP contribution in [-0.2, 0) is 14.8 Å². The van der Waals surface area contributed by atoms with Gasteiger partial charge in [-0.3, -0.25) is 0 Å². The summed E-state index contributed by atoms with van der Waals surface area (Å²) in [4.78, 5) is 19.3. The molecule has 4 rings (SSSR count). The summed E-state index contributed by atoms with van der Waals surface area (Å²) in [6.45, 7) is 4.71. The minimum Gasteiger partial charge on any atom is -0.494 e. The zero-order valence-electron chi connectivity index (χ0n) is 18.3. The first kappa shape index (κ1) is 22.5. The van der Waals surface area contributed by atoms with Gasteiger partial charge in [0.1, 0.15) is 17.4 Å². The molecular weight excluding hydrogens is 450 g/mol. The van der Waals surface area contributed by atoms with E-state index in [4.69, 9.17) is 9.47 Å². The number of thiazole rings is 1. The number of aromatic nitrogens is 1. The largest absolute Gasteiger partial charge is 0.494 e. The fourth-order valence-corrected chi connectivity index (χ4v) is 5.68. The van der Waals surface area contributed by atoms with Crippen molar-refractivity contribution < 1.29 is 22.7 Å². The number of esters is 1. The van der Waals surface area contributed by atoms with E-state index in [0.29, 0.717) is 18.7 Å². The highest BCUT2D eigenvalue weighted by Crippen LogP contribution is 2.36. The zero-order chi connectivity index (χ0) is 23.0. The molecule has 2 aromatic carbocycles. The second-order valence-corrected chi connectivity index (χ2v) is 10.9. The molecule has 0 amide bonds. The first-order chi connectivity index (χ1) is 15.2. The quantitative estimate of drug-likeness (QED) is 0.484. The Hall–Kier alpha value is -2.69. The fraction of sp³-hybridized carbons (Fsp3) is 0.364. The molecule has 0 radical (unpaired) electrons. The molecule has 3 aromatic rings. The average molecular weight is 476 g/mol. The molecule has 32 heavy (non-hydrogen) atoms. The topological polar surface area (TPSA) is 89.0 Å². The number of fused-ring (bicyclic) bond motifs is 1. The van der Waals surface area contributed by atoms with E-state index in [1.54, 1.807) is 32.3 Å². The molecule has 0 aliphatic carbocycles. The van der Waals surface area contributed by atoms with Gasteiger partial charge >= 0.3 is 5.97 Å². The van der Waals surface area contributed by atoms with E-state index in [2.05, 4.69) is 9.88 Å². The standard InChI is InChI=1S/C22H25N3O5S2/c1-14(2)24(3)32(27,28)17-10-8-15(9-11-17)21(26)30-16-12-25(13-16)22-23-20-18(29-4)6-5-7-19(20)31-22/h5-11,14,16H,12-13H2,1-4H3. The van der Waals surface area contributed by atoms with Crippen LogP contribution in [-0.4, -0.2) is 63.1 Å². The Morgan fingerprint density at radius 2 is 1.88 bits per heavy atom. The summed E-state index contributed by atoms with van der Waals surface area (Å²) in [6.07, 6.45) is -0.244. The molecule has 170 valence electrons. The lowest BCUT2D eigenvalue weighted by molar-refractivity contribution is 0.0234. The molecular formula is C22H25N3O5S2. The van der Waals surface area contributed by atoms with Crippen LogP contribution < -0.4 is 9.64 Å². The van der Waals surface area contributed by atoms with E-state index in [0.717, 1.165) is 21.1 Å². The predicted octanol–water partition coefficient (Wildman–Crippen LogP) is 3.38. The van der Waals surface area contributed by atoms with Gasteiger partial charge in [0.15, 0.2) is 5.13 Å². The van der Waals surface area contributed by atoms with Crippen molar-refractivity contribution in [2.75, 3.05) is 32.1 Å². The molecule has 0 atom stereocenters. The molecule has 1 fully saturated rings. The van der Waals surface area contributed by atoms with Crippen LogP contribution in [0.4, 0.5) is 5.13 Å². The average Bonchev–Trinajstić information content (AvgIpc) is 3.18. The Morgan fingerprint density at radius 1 is 1.19 bits per heavy atom. The van der Waals surface area contributed by atoms with Crippen LogP contribution in [0.25, 0.3) is 10.2 Å². The number of ether oxygens (including phenoxy) is 2. The number of anilines is 1. The van der Waals surface area contributed by atoms with Crippen LogP contribution in [0.3, 0.4) is 0 Å². The number of sulfonamides is 1. The maximum absolute atomic E-state index is 12.6. The Balaban J connectivity index is 1.37. The second kappa shape index (κ2) is 8.68. The summed E-state index contributed by atoms with van der Waals surface area (Å²) in [5.74, 6) is 0.264. The Labute approximate surface area is 191 Å². The predicted molar refractivity (Wildman–Crippen MR) is 124 cm³/mol. The van der Waals surface area contributed by atoms with Crippen LogP contribution >= 0.6 is 11.3 Å². The molecule has 1 saturated heterocycles. The number of nitrogens with zero attached hydrogens (tertiary/aromatic N) is 3. The van der Waals surface area contributed by atoms with Crippen molar-refractivity contribution in [3.8, 4) is 5.75 Å². The van der Waals surface area contributed by atoms with E-state index in [-0.39, 0.29) is 17.0 Å². The summed E-state index contributed by atoms with van der Waals surface area (Å²) in [6, 6.07) is 11.5. The number of carbonyl (C=O) groups is 1. The molecule has 10 heteroatoms. The Kier molecular flexibility index (Phi) is 6.11. The number of para-hydroxylation sites is 1. The van der Waals surface area contributed by atoms with E-state index in [1.807, 2.05) is 18.2 Å². The van der Waals surface area contributed by atoms with Crippen LogP contribution in [0.15, 0.2) is 47.4 Å². The third-order valence-corrected chi connectivity index (χ3v) is 8.61. The Morgan fingerprint density at radius 3 is 2.50 bits per heavy atom. The lowest BCUT2D eigenvalue weighted by Crippen LogP contribution is -2.53. The molecule has 1 aromatic heterocycles. The van der Waals surface area contributed by atoms with Gasteiger partial charge in [0.25, 0.3) is 0 Å². The number of rotatable bonds is 7. The molecule has 8 nitrogen and oxygen atoms in total. The summed E-state index contributed by atoms with van der Waals surface area (Å²) >= 11 is 1.57. The number of methoxy groups -OCH3 is 1. The van der Waals surface area contributed by atoms with Crippen LogP contribution in [0.5, 0.6) is 5.75 Å². The van der Waals surface area contributed by atoms with Gasteiger partial charge < -0.3 is 14.4 Å². The molecule has 0 N–H and O–H groups in total. The van der Waals surface area contributed by atoms with E-state index in [1.165, 1.54) is 35.6 Å². The fourth-order valence-electron chi connectivity index (χ4n) is 3.31. The van der Waals surface area contributed by atoms with Crippen LogP contribution in [0, 0.1) is 0 Å². The molecule has 0 unspecified atom stereocenters. The van der Waals surface area contributed by atoms with Crippen LogP contribution in [0.1, 0.15) is 24.2 Å². The first-order valence-corrected chi connectivity index (χ1v) is 12.4. The van der Waals surface area contributed by atoms with Gasteiger partial charge in [-0.05, 0) is 50.2 Å². The van der Waals surface area contributed by atoms with Gasteiger partial charge in [-0.25, -0.2) is 18.2 Å². The molecule has 0 saturated carbocycles. The zero-order valence-corrected chi connectivity index (χ0v) is 19.9.